The molecule has 0 saturated heterocycles. The van der Waals surface area contributed by atoms with Crippen molar-refractivity contribution in [2.45, 2.75) is 52.2 Å². The van der Waals surface area contributed by atoms with Crippen molar-refractivity contribution in [3.05, 3.63) is 23.8 Å². The van der Waals surface area contributed by atoms with Gasteiger partial charge >= 0.3 is 24.2 Å². The van der Waals surface area contributed by atoms with Gasteiger partial charge in [-0.3, -0.25) is 10.5 Å². The highest BCUT2D eigenvalue weighted by atomic mass is 16.7. The Morgan fingerprint density at radius 2 is 1.48 bits per heavy atom. The van der Waals surface area contributed by atoms with Gasteiger partial charge in [-0.25, -0.2) is 14.4 Å². The van der Waals surface area contributed by atoms with E-state index in [0.29, 0.717) is 0 Å². The minimum atomic E-state index is -2.45. The highest BCUT2D eigenvalue weighted by Crippen LogP contribution is 2.42. The second-order valence-corrected chi connectivity index (χ2v) is 6.55. The zero-order chi connectivity index (χ0) is 23.8. The van der Waals surface area contributed by atoms with Crippen LogP contribution in [0.2, 0.25) is 0 Å². The quantitative estimate of drug-likeness (QED) is 0.251. The predicted octanol–water partition coefficient (Wildman–Crippen LogP) is 2.73. The van der Waals surface area contributed by atoms with Crippen molar-refractivity contribution in [1.82, 2.24) is 0 Å². The number of carboxylic acid groups (broad SMARTS) is 1. The minimum absolute atomic E-state index is 0.0244. The van der Waals surface area contributed by atoms with E-state index in [9.17, 15) is 24.3 Å². The molecule has 0 aliphatic rings. The van der Waals surface area contributed by atoms with Crippen LogP contribution in [0, 0.1) is 0 Å². The van der Waals surface area contributed by atoms with E-state index >= 15 is 0 Å². The van der Waals surface area contributed by atoms with Crippen LogP contribution in [-0.4, -0.2) is 48.3 Å². The molecule has 1 unspecified atom stereocenters. The summed E-state index contributed by atoms with van der Waals surface area (Å²) in [5, 5.41) is 9.73. The lowest BCUT2D eigenvalue weighted by molar-refractivity contribution is -0.186. The first kappa shape index (κ1) is 25.7. The molecule has 0 spiro atoms. The van der Waals surface area contributed by atoms with Crippen LogP contribution in [-0.2, 0) is 29.2 Å². The number of carbonyl (C=O) groups is 4. The van der Waals surface area contributed by atoms with Gasteiger partial charge in [0.25, 0.3) is 5.72 Å². The topological polar surface area (TPSA) is 161 Å². The molecule has 11 nitrogen and oxygen atoms in total. The molecule has 0 heterocycles. The van der Waals surface area contributed by atoms with Gasteiger partial charge in [0.15, 0.2) is 11.5 Å². The Kier molecular flexibility index (Phi) is 8.80. The summed E-state index contributed by atoms with van der Waals surface area (Å²) in [6.45, 7) is 7.37. The molecule has 0 fully saturated rings. The Balaban J connectivity index is 3.57. The fourth-order valence-electron chi connectivity index (χ4n) is 2.79. The average Bonchev–Trinajstić information content (AvgIpc) is 2.68. The van der Waals surface area contributed by atoms with Gasteiger partial charge in [-0.2, -0.15) is 0 Å². The first-order chi connectivity index (χ1) is 14.4. The van der Waals surface area contributed by atoms with Crippen molar-refractivity contribution in [1.29, 1.82) is 0 Å². The molecule has 0 aliphatic carbocycles. The van der Waals surface area contributed by atoms with Crippen molar-refractivity contribution in [2.75, 3.05) is 13.2 Å². The van der Waals surface area contributed by atoms with E-state index in [1.807, 2.05) is 0 Å². The van der Waals surface area contributed by atoms with Gasteiger partial charge < -0.3 is 28.8 Å². The van der Waals surface area contributed by atoms with Gasteiger partial charge in [0.1, 0.15) is 0 Å². The second kappa shape index (κ2) is 10.6. The number of aliphatic carboxylic acids is 1. The van der Waals surface area contributed by atoms with Gasteiger partial charge in [0, 0.05) is 6.92 Å². The molecule has 1 rings (SSSR count). The third-order valence-corrected chi connectivity index (χ3v) is 4.64. The number of esters is 1. The third-order valence-electron chi connectivity index (χ3n) is 4.64. The molecule has 31 heavy (non-hydrogen) atoms. The standard InChI is InChI=1S/C20H27NO10/c1-6-19(5,20(21,16(23)24)31-12(4)22)13-9-10-14(29-17(25)27-7-2)15(11-13)30-18(26)28-8-3/h9-11H,6-8,21H2,1-5H3,(H,23,24)/t19?,20-/m1/s1. The van der Waals surface area contributed by atoms with Gasteiger partial charge in [0.2, 0.25) is 0 Å². The summed E-state index contributed by atoms with van der Waals surface area (Å²) in [6.07, 6.45) is -2.01. The van der Waals surface area contributed by atoms with E-state index in [1.165, 1.54) is 25.1 Å². The summed E-state index contributed by atoms with van der Waals surface area (Å²) in [6, 6.07) is 3.93. The molecule has 3 N–H and O–H groups in total. The van der Waals surface area contributed by atoms with Gasteiger partial charge in [0.05, 0.1) is 18.6 Å². The maximum Gasteiger partial charge on any atom is 0.513 e. The molecule has 0 bridgehead atoms. The van der Waals surface area contributed by atoms with Gasteiger partial charge in [-0.15, -0.1) is 0 Å². The Hall–Kier alpha value is -3.34. The summed E-state index contributed by atoms with van der Waals surface area (Å²) in [4.78, 5) is 47.1. The van der Waals surface area contributed by atoms with Crippen LogP contribution >= 0.6 is 0 Å². The molecule has 2 atom stereocenters. The van der Waals surface area contributed by atoms with Crippen LogP contribution in [0.5, 0.6) is 11.5 Å². The molecule has 1 aromatic carbocycles. The molecule has 0 saturated carbocycles. The normalized spacial score (nSPS) is 14.4. The summed E-state index contributed by atoms with van der Waals surface area (Å²) in [5.74, 6) is -2.90. The lowest BCUT2D eigenvalue weighted by Gasteiger charge is -2.41. The van der Waals surface area contributed by atoms with Crippen LogP contribution in [0.15, 0.2) is 18.2 Å². The van der Waals surface area contributed by atoms with E-state index in [4.69, 9.17) is 29.4 Å². The van der Waals surface area contributed by atoms with Crippen LogP contribution in [0.25, 0.3) is 0 Å². The molecule has 11 heteroatoms. The maximum atomic E-state index is 12.0. The minimum Gasteiger partial charge on any atom is -0.477 e. The van der Waals surface area contributed by atoms with Gasteiger partial charge in [-0.05, 0) is 44.9 Å². The van der Waals surface area contributed by atoms with Crippen LogP contribution in [0.4, 0.5) is 9.59 Å². The van der Waals surface area contributed by atoms with E-state index in [-0.39, 0.29) is 36.7 Å². The van der Waals surface area contributed by atoms with Crippen LogP contribution < -0.4 is 15.2 Å². The fraction of sp³-hybridized carbons (Fsp3) is 0.500. The number of carbonyl (C=O) groups excluding carboxylic acids is 3. The van der Waals surface area contributed by atoms with Crippen molar-refractivity contribution in [2.24, 2.45) is 5.73 Å². The molecule has 172 valence electrons. The lowest BCUT2D eigenvalue weighted by Crippen LogP contribution is -2.64. The van der Waals surface area contributed by atoms with Crippen LogP contribution in [0.3, 0.4) is 0 Å². The first-order valence-corrected chi connectivity index (χ1v) is 9.50. The molecule has 0 radical (unpaired) electrons. The van der Waals surface area contributed by atoms with Crippen molar-refractivity contribution >= 4 is 24.2 Å². The number of carboxylic acids is 1. The number of hydrogen-bond acceptors (Lipinski definition) is 10. The third kappa shape index (κ3) is 5.85. The largest absolute Gasteiger partial charge is 0.513 e. The van der Waals surface area contributed by atoms with E-state index in [2.05, 4.69) is 0 Å². The molecule has 0 aromatic heterocycles. The molecular formula is C20H27NO10. The highest BCUT2D eigenvalue weighted by molar-refractivity contribution is 5.83. The SMILES string of the molecule is CCOC(=O)Oc1ccc(C(C)(CC)[C@](N)(OC(C)=O)C(=O)O)cc1OC(=O)OCC. The number of nitrogens with two attached hydrogens (primary N) is 1. The Bertz CT molecular complexity index is 839. The number of hydrogen-bond donors (Lipinski definition) is 2. The van der Waals surface area contributed by atoms with Crippen molar-refractivity contribution in [3.8, 4) is 11.5 Å². The summed E-state index contributed by atoms with van der Waals surface area (Å²) in [5.41, 5.74) is 2.35. The average molecular weight is 441 g/mol. The zero-order valence-corrected chi connectivity index (χ0v) is 18.1. The highest BCUT2D eigenvalue weighted by Gasteiger charge is 2.55. The summed E-state index contributed by atoms with van der Waals surface area (Å²) in [7, 11) is 0. The monoisotopic (exact) mass is 441 g/mol. The van der Waals surface area contributed by atoms with E-state index in [1.54, 1.807) is 20.8 Å². The Morgan fingerprint density at radius 3 is 1.90 bits per heavy atom. The number of rotatable bonds is 9. The molecular weight excluding hydrogens is 414 g/mol. The molecule has 0 amide bonds. The summed E-state index contributed by atoms with van der Waals surface area (Å²) >= 11 is 0. The van der Waals surface area contributed by atoms with Gasteiger partial charge in [-0.1, -0.05) is 13.0 Å². The first-order valence-electron chi connectivity index (χ1n) is 9.50. The van der Waals surface area contributed by atoms with E-state index in [0.717, 1.165) is 6.92 Å². The maximum absolute atomic E-state index is 12.0. The Labute approximate surface area is 179 Å². The van der Waals surface area contributed by atoms with Crippen LogP contribution in [0.1, 0.15) is 46.6 Å². The van der Waals surface area contributed by atoms with Crippen molar-refractivity contribution in [3.63, 3.8) is 0 Å². The van der Waals surface area contributed by atoms with E-state index < -0.39 is 35.4 Å². The number of benzene rings is 1. The lowest BCUT2D eigenvalue weighted by atomic mass is 9.71. The second-order valence-electron chi connectivity index (χ2n) is 6.55. The Morgan fingerprint density at radius 1 is 0.968 bits per heavy atom. The summed E-state index contributed by atoms with van der Waals surface area (Å²) < 4.78 is 24.6. The fourth-order valence-corrected chi connectivity index (χ4v) is 2.79. The predicted molar refractivity (Wildman–Crippen MR) is 106 cm³/mol. The van der Waals surface area contributed by atoms with Crippen molar-refractivity contribution < 1.29 is 48.0 Å². The smallest absolute Gasteiger partial charge is 0.477 e. The molecule has 1 aromatic rings. The molecule has 0 aliphatic heterocycles. The number of ether oxygens (including phenoxy) is 5. The zero-order valence-electron chi connectivity index (χ0n) is 18.1.